The second-order valence-electron chi connectivity index (χ2n) is 0. The molecule has 0 heterocycles. The Morgan fingerprint density at radius 2 is 1.00 bits per heavy atom. The van der Waals surface area contributed by atoms with Gasteiger partial charge in [0.05, 0.1) is 0 Å². The molecule has 0 bridgehead atoms. The molecule has 0 aromatic rings. The predicted molar refractivity (Wildman–Crippen MR) is 28.8 cm³/mol. The van der Waals surface area contributed by atoms with Gasteiger partial charge in [-0.1, -0.05) is 0 Å². The van der Waals surface area contributed by atoms with Crippen molar-refractivity contribution < 1.29 is 22.4 Å². The molecule has 0 aromatic carbocycles. The van der Waals surface area contributed by atoms with Gasteiger partial charge in [0, 0.05) is 142 Å². The fraction of sp³-hybridized carbons (Fsp3) is 0. The van der Waals surface area contributed by atoms with Crippen LogP contribution >= 0.6 is 0 Å². The molecule has 0 saturated carbocycles. The summed E-state index contributed by atoms with van der Waals surface area (Å²) in [7, 11) is 0. The van der Waals surface area contributed by atoms with Crippen molar-refractivity contribution in [3.63, 3.8) is 0 Å². The molecule has 6 heavy (non-hydrogen) atoms. The topological polar surface area (TPSA) is 0 Å². The van der Waals surface area contributed by atoms with Crippen LogP contribution in [0.25, 0.3) is 0 Å². The molecule has 0 saturated heterocycles. The van der Waals surface area contributed by atoms with E-state index in [0.717, 1.165) is 0 Å². The van der Waals surface area contributed by atoms with E-state index in [0.29, 0.717) is 0 Å². The first-order valence-corrected chi connectivity index (χ1v) is 0. The summed E-state index contributed by atoms with van der Waals surface area (Å²) < 4.78 is 0. The summed E-state index contributed by atoms with van der Waals surface area (Å²) in [5.74, 6) is 0. The van der Waals surface area contributed by atoms with Crippen LogP contribution in [0, 0.1) is 0 Å². The zero-order chi connectivity index (χ0) is 0. The van der Waals surface area contributed by atoms with Gasteiger partial charge in [0.1, 0.15) is 0 Å². The average Bonchev–Trinajstić information content (AvgIpc) is 0. The number of hydrogen-bond donors (Lipinski definition) is 0. The van der Waals surface area contributed by atoms with Crippen molar-refractivity contribution in [2.75, 3.05) is 0 Å². The first-order chi connectivity index (χ1) is 0. The molecule has 18 radical (unpaired) electrons. The van der Waals surface area contributed by atoms with Crippen LogP contribution in [-0.4, -0.2) is 120 Å². The summed E-state index contributed by atoms with van der Waals surface area (Å²) in [6, 6.07) is 0. The molecule has 0 rings (SSSR count). The first-order valence-electron chi connectivity index (χ1n) is 0. The second-order valence-corrected chi connectivity index (χ2v) is 0. The Kier molecular flexibility index (Phi) is 251. The molecule has 0 spiro atoms. The molecule has 0 unspecified atom stereocenters. The van der Waals surface area contributed by atoms with Gasteiger partial charge in [-0.05, 0) is 0 Å². The quantitative estimate of drug-likeness (QED) is 0.251. The Bertz CT molecular complexity index is 15.5. The van der Waals surface area contributed by atoms with Crippen molar-refractivity contribution in [2.45, 2.75) is 0 Å². The smallest absolute Gasteiger partial charge is 0 e. The Hall–Kier alpha value is 4.72. The van der Waals surface area contributed by atoms with Crippen molar-refractivity contribution in [2.24, 2.45) is 0 Å². The van der Waals surface area contributed by atoms with Crippen LogP contribution in [0.15, 0.2) is 0 Å². The Labute approximate surface area is 139 Å². The molecular formula is AgAsBiPbSbSn. The van der Waals surface area contributed by atoms with E-state index in [4.69, 9.17) is 0 Å². The minimum atomic E-state index is 0. The van der Waals surface area contributed by atoms with Gasteiger partial charge in [0.25, 0.3) is 0 Å². The van der Waals surface area contributed by atoms with Gasteiger partial charge in [-0.15, -0.1) is 0 Å². The van der Waals surface area contributed by atoms with Crippen molar-refractivity contribution >= 4 is 120 Å². The predicted octanol–water partition coefficient (Wildman–Crippen LogP) is -1.91. The zero-order valence-electron chi connectivity index (χ0n) is 2.64. The molecule has 0 aromatic heterocycles. The van der Waals surface area contributed by atoms with Crippen LogP contribution in [0.5, 0.6) is 0 Å². The number of hydrogen-bond acceptors (Lipinski definition) is 0. The summed E-state index contributed by atoms with van der Waals surface area (Å²) in [5.41, 5.74) is 0. The largest absolute Gasteiger partial charge is 0 e. The maximum atomic E-state index is 0. The second kappa shape index (κ2) is 33.2. The minimum Gasteiger partial charge on any atom is 0 e. The van der Waals surface area contributed by atoms with Gasteiger partial charge < -0.3 is 0 Å². The molecule has 34 valence electrons. The third kappa shape index (κ3) is 23.3. The van der Waals surface area contributed by atoms with Crippen LogP contribution in [0.3, 0.4) is 0 Å². The third-order valence-corrected chi connectivity index (χ3v) is 0. The molecule has 6 heteroatoms. The molecule has 0 fully saturated rings. The summed E-state index contributed by atoms with van der Waals surface area (Å²) in [6.45, 7) is 0. The van der Waals surface area contributed by atoms with E-state index >= 15 is 0 Å². The van der Waals surface area contributed by atoms with Crippen LogP contribution in [-0.2, 0) is 22.4 Å². The van der Waals surface area contributed by atoms with Crippen LogP contribution in [0.1, 0.15) is 0 Å². The Morgan fingerprint density at radius 1 is 1.00 bits per heavy atom. The van der Waals surface area contributed by atoms with Gasteiger partial charge in [0.15, 0.2) is 0 Å². The molecule has 0 N–H and O–H groups in total. The van der Waals surface area contributed by atoms with Crippen molar-refractivity contribution in [3.05, 3.63) is 0 Å². The van der Waals surface area contributed by atoms with Crippen molar-refractivity contribution in [3.8, 4) is 0 Å². The van der Waals surface area contributed by atoms with Gasteiger partial charge in [0.2, 0.25) is 0 Å². The van der Waals surface area contributed by atoms with Gasteiger partial charge >= 0.3 is 0 Å². The summed E-state index contributed by atoms with van der Waals surface area (Å²) in [4.78, 5) is 0. The molecule has 0 atom stereocenters. The van der Waals surface area contributed by atoms with Gasteiger partial charge in [-0.25, -0.2) is 0 Å². The fourth-order valence-electron chi connectivity index (χ4n) is 0. The molecule has 0 aliphatic carbocycles. The van der Waals surface area contributed by atoms with E-state index in [9.17, 15) is 0 Å². The maximum absolute atomic E-state index is 0. The molecular weight excluding hydrogens is 839 g/mol. The van der Waals surface area contributed by atoms with E-state index in [1.165, 1.54) is 0 Å². The standard InChI is InChI=1S/Ag.As.Bi.Pb.Sb.Sn. The normalized spacial score (nSPS) is 0. The monoisotopic (exact) mass is 840 g/mol. The molecule has 0 nitrogen and oxygen atoms in total. The van der Waals surface area contributed by atoms with Gasteiger partial charge in [-0.3, -0.25) is 0 Å². The SMILES string of the molecule is [Ag].[As].[Bi].[Pb].[Sb].[Sn]. The minimum absolute atomic E-state index is 0. The first kappa shape index (κ1) is 45.5. The fourth-order valence-corrected chi connectivity index (χ4v) is 0. The summed E-state index contributed by atoms with van der Waals surface area (Å²) >= 11 is 0. The Morgan fingerprint density at radius 3 is 1.00 bits per heavy atom. The van der Waals surface area contributed by atoms with Crippen LogP contribution < -0.4 is 0 Å². The maximum Gasteiger partial charge on any atom is 0 e. The summed E-state index contributed by atoms with van der Waals surface area (Å²) in [5, 5.41) is 0. The molecule has 0 amide bonds. The molecule has 0 aliphatic heterocycles. The average molecular weight is 839 g/mol. The molecule has 0 aliphatic rings. The van der Waals surface area contributed by atoms with E-state index in [2.05, 4.69) is 0 Å². The van der Waals surface area contributed by atoms with E-state index in [1.807, 2.05) is 0 Å². The van der Waals surface area contributed by atoms with Crippen LogP contribution in [0.4, 0.5) is 0 Å². The zero-order valence-corrected chi connectivity index (χ0v) is 18.8. The van der Waals surface area contributed by atoms with E-state index in [-0.39, 0.29) is 142 Å². The van der Waals surface area contributed by atoms with Gasteiger partial charge in [-0.2, -0.15) is 0 Å². The Balaban J connectivity index is 0. The van der Waals surface area contributed by atoms with Crippen molar-refractivity contribution in [1.29, 1.82) is 0 Å². The van der Waals surface area contributed by atoms with E-state index in [1.54, 1.807) is 0 Å². The van der Waals surface area contributed by atoms with Crippen LogP contribution in [0.2, 0.25) is 0 Å². The van der Waals surface area contributed by atoms with E-state index < -0.39 is 0 Å². The third-order valence-electron chi connectivity index (χ3n) is 0. The number of rotatable bonds is 0. The van der Waals surface area contributed by atoms with Crippen molar-refractivity contribution in [1.82, 2.24) is 0 Å². The summed E-state index contributed by atoms with van der Waals surface area (Å²) in [6.07, 6.45) is 0.